The van der Waals surface area contributed by atoms with E-state index in [-0.39, 0.29) is 33.4 Å². The average Bonchev–Trinajstić information content (AvgIpc) is 3.94. The van der Waals surface area contributed by atoms with Gasteiger partial charge in [-0.2, -0.15) is 4.31 Å². The molecule has 4 aromatic rings. The number of nitrogens with zero attached hydrogens (tertiary/aromatic N) is 2. The van der Waals surface area contributed by atoms with Crippen LogP contribution in [0.1, 0.15) is 72.1 Å². The molecule has 282 valence electrons. The number of amides is 1. The highest BCUT2D eigenvalue weighted by atomic mass is 35.5. The van der Waals surface area contributed by atoms with Crippen LogP contribution in [0.5, 0.6) is 0 Å². The molecule has 1 aliphatic carbocycles. The number of nitrogens with one attached hydrogen (secondary N) is 1. The fourth-order valence-electron chi connectivity index (χ4n) is 5.89. The number of sulfonamides is 1. The lowest BCUT2D eigenvalue weighted by molar-refractivity contribution is -0.119. The predicted molar refractivity (Wildman–Crippen MR) is 191 cm³/mol. The first-order chi connectivity index (χ1) is 24.7. The molecule has 1 atom stereocenters. The Morgan fingerprint density at radius 1 is 0.868 bits per heavy atom. The fraction of sp³-hybridized carbons (Fsp3) is 0.316. The Balaban J connectivity index is 1.75. The zero-order chi connectivity index (χ0) is 39.2. The van der Waals surface area contributed by atoms with Crippen molar-refractivity contribution < 1.29 is 45.1 Å². The first kappa shape index (κ1) is 39.7. The van der Waals surface area contributed by atoms with Gasteiger partial charge in [-0.1, -0.05) is 62.7 Å². The maximum absolute atomic E-state index is 15.4. The van der Waals surface area contributed by atoms with Gasteiger partial charge in [0.25, 0.3) is 0 Å². The summed E-state index contributed by atoms with van der Waals surface area (Å²) in [7, 11) is -2.58. The van der Waals surface area contributed by atoms with Gasteiger partial charge >= 0.3 is 5.97 Å². The minimum atomic E-state index is -5.73. The van der Waals surface area contributed by atoms with Crippen LogP contribution in [0, 0.1) is 29.1 Å². The van der Waals surface area contributed by atoms with Crippen molar-refractivity contribution in [1.29, 1.82) is 0 Å². The van der Waals surface area contributed by atoms with E-state index in [0.29, 0.717) is 9.87 Å². The van der Waals surface area contributed by atoms with Gasteiger partial charge in [-0.3, -0.25) is 4.79 Å². The molecule has 15 heteroatoms. The highest BCUT2D eigenvalue weighted by Gasteiger charge is 2.43. The Hall–Kier alpha value is -4.53. The molecule has 1 fully saturated rings. The molecule has 1 aliphatic rings. The van der Waals surface area contributed by atoms with Crippen molar-refractivity contribution in [3.63, 3.8) is 0 Å². The lowest BCUT2D eigenvalue weighted by atomic mass is 9.83. The molecule has 0 bridgehead atoms. The van der Waals surface area contributed by atoms with Crippen LogP contribution in [0.4, 0.5) is 33.3 Å². The molecule has 1 unspecified atom stereocenters. The maximum Gasteiger partial charge on any atom is 0.335 e. The van der Waals surface area contributed by atoms with Crippen LogP contribution >= 0.6 is 11.6 Å². The van der Waals surface area contributed by atoms with Crippen LogP contribution in [0.15, 0.2) is 65.6 Å². The monoisotopic (exact) mass is 777 g/mol. The van der Waals surface area contributed by atoms with E-state index in [1.807, 2.05) is 32.9 Å². The van der Waals surface area contributed by atoms with Gasteiger partial charge < -0.3 is 15.3 Å². The molecule has 53 heavy (non-hydrogen) atoms. The number of anilines is 2. The molecule has 4 aromatic carbocycles. The van der Waals surface area contributed by atoms with E-state index in [9.17, 15) is 36.3 Å². The van der Waals surface area contributed by atoms with Crippen molar-refractivity contribution in [2.75, 3.05) is 24.3 Å². The third-order valence-corrected chi connectivity index (χ3v) is 11.1. The number of rotatable bonds is 12. The van der Waals surface area contributed by atoms with E-state index in [1.165, 1.54) is 47.4 Å². The Kier molecular flexibility index (Phi) is 11.3. The number of halogens is 6. The first-order valence-electron chi connectivity index (χ1n) is 16.5. The minimum absolute atomic E-state index is 0.0529. The van der Waals surface area contributed by atoms with Gasteiger partial charge in [0.05, 0.1) is 16.9 Å². The first-order valence-corrected chi connectivity index (χ1v) is 18.3. The van der Waals surface area contributed by atoms with E-state index in [0.717, 1.165) is 24.0 Å². The molecule has 1 amide bonds. The zero-order valence-electron chi connectivity index (χ0n) is 29.4. The van der Waals surface area contributed by atoms with E-state index in [4.69, 9.17) is 11.6 Å². The number of carbonyl (C=O) groups is 2. The smallest absolute Gasteiger partial charge is 0.335 e. The summed E-state index contributed by atoms with van der Waals surface area (Å²) in [5.41, 5.74) is 2.21. The standard InChI is InChI=1S/C38H37ClF5N3O5S/c1-38(2,3)25-15-21(14-24(17-25)22-8-9-22)16-29(36(48)45-27-13-10-23(37(49)50)18-28(27)46(4)5)47(19-20-6-11-26(39)12-7-20)53(51,52)35-33(43)31(41)30(40)32(42)34(35)44/h6-7,10-15,17-18,22,29H,8-9,16,19H2,1-5H3,(H,45,48)(H,49,50). The molecule has 0 spiro atoms. The molecular formula is C38H37ClF5N3O5S. The van der Waals surface area contributed by atoms with E-state index in [1.54, 1.807) is 20.2 Å². The van der Waals surface area contributed by atoms with Gasteiger partial charge in [0.15, 0.2) is 28.2 Å². The SMILES string of the molecule is CN(C)c1cc(C(=O)O)ccc1NC(=O)C(Cc1cc(C2CC2)cc(C(C)(C)C)c1)N(Cc1ccc(Cl)cc1)S(=O)(=O)c1c(F)c(F)c(F)c(F)c1F. The molecule has 0 aliphatic heterocycles. The summed E-state index contributed by atoms with van der Waals surface area (Å²) >= 11 is 6.05. The van der Waals surface area contributed by atoms with Gasteiger partial charge in [-0.15, -0.1) is 0 Å². The van der Waals surface area contributed by atoms with Crippen LogP contribution in [0.25, 0.3) is 0 Å². The number of hydrogen-bond acceptors (Lipinski definition) is 5. The summed E-state index contributed by atoms with van der Waals surface area (Å²) in [5.74, 6) is -14.7. The molecule has 0 saturated heterocycles. The molecule has 5 rings (SSSR count). The van der Waals surface area contributed by atoms with Crippen LogP contribution in [0.3, 0.4) is 0 Å². The number of aromatic carboxylic acids is 1. The van der Waals surface area contributed by atoms with Crippen LogP contribution in [-0.4, -0.2) is 49.8 Å². The molecular weight excluding hydrogens is 741 g/mol. The summed E-state index contributed by atoms with van der Waals surface area (Å²) in [4.78, 5) is 25.7. The maximum atomic E-state index is 15.4. The summed E-state index contributed by atoms with van der Waals surface area (Å²) in [5, 5.41) is 12.5. The van der Waals surface area contributed by atoms with Crippen molar-refractivity contribution in [2.24, 2.45) is 0 Å². The third-order valence-electron chi connectivity index (χ3n) is 8.98. The predicted octanol–water partition coefficient (Wildman–Crippen LogP) is 8.42. The zero-order valence-corrected chi connectivity index (χ0v) is 31.0. The van der Waals surface area contributed by atoms with E-state index >= 15 is 8.78 Å². The topological polar surface area (TPSA) is 107 Å². The van der Waals surface area contributed by atoms with Crippen molar-refractivity contribution in [2.45, 2.75) is 68.8 Å². The summed E-state index contributed by atoms with van der Waals surface area (Å²) in [6, 6.07) is 13.1. The number of carboxylic acid groups (broad SMARTS) is 1. The summed E-state index contributed by atoms with van der Waals surface area (Å²) < 4.78 is 103. The van der Waals surface area contributed by atoms with Crippen molar-refractivity contribution in [3.8, 4) is 0 Å². The quantitative estimate of drug-likeness (QED) is 0.0851. The van der Waals surface area contributed by atoms with Crippen molar-refractivity contribution >= 4 is 44.9 Å². The second kappa shape index (κ2) is 15.1. The number of carbonyl (C=O) groups excluding carboxylic acids is 1. The van der Waals surface area contributed by atoms with Gasteiger partial charge in [0.2, 0.25) is 21.7 Å². The number of hydrogen-bond donors (Lipinski definition) is 2. The van der Waals surface area contributed by atoms with Crippen LogP contribution in [0.2, 0.25) is 5.02 Å². The van der Waals surface area contributed by atoms with Crippen molar-refractivity contribution in [3.05, 3.63) is 123 Å². The number of carboxylic acids is 1. The second-order valence-corrected chi connectivity index (χ2v) is 16.5. The largest absolute Gasteiger partial charge is 0.478 e. The van der Waals surface area contributed by atoms with Crippen LogP contribution in [-0.2, 0) is 33.2 Å². The molecule has 8 nitrogen and oxygen atoms in total. The average molecular weight is 778 g/mol. The molecule has 0 radical (unpaired) electrons. The number of benzene rings is 4. The summed E-state index contributed by atoms with van der Waals surface area (Å²) in [6.07, 6.45) is 1.42. The fourth-order valence-corrected chi connectivity index (χ4v) is 7.70. The molecule has 1 saturated carbocycles. The Morgan fingerprint density at radius 2 is 1.45 bits per heavy atom. The van der Waals surface area contributed by atoms with Gasteiger partial charge in [-0.25, -0.2) is 35.2 Å². The molecule has 0 heterocycles. The summed E-state index contributed by atoms with van der Waals surface area (Å²) in [6.45, 7) is 5.15. The van der Waals surface area contributed by atoms with E-state index in [2.05, 4.69) is 5.32 Å². The van der Waals surface area contributed by atoms with Gasteiger partial charge in [0.1, 0.15) is 6.04 Å². The Labute approximate surface area is 309 Å². The lowest BCUT2D eigenvalue weighted by Crippen LogP contribution is -2.48. The molecule has 2 N–H and O–H groups in total. The van der Waals surface area contributed by atoms with Crippen LogP contribution < -0.4 is 10.2 Å². The Morgan fingerprint density at radius 3 is 1.98 bits per heavy atom. The minimum Gasteiger partial charge on any atom is -0.478 e. The Bertz CT molecular complexity index is 2160. The van der Waals surface area contributed by atoms with Gasteiger partial charge in [-0.05, 0) is 83.2 Å². The highest BCUT2D eigenvalue weighted by molar-refractivity contribution is 7.89. The highest BCUT2D eigenvalue weighted by Crippen LogP contribution is 2.42. The second-order valence-electron chi connectivity index (χ2n) is 14.2. The van der Waals surface area contributed by atoms with E-state index < -0.39 is 80.3 Å². The molecule has 0 aromatic heterocycles. The van der Waals surface area contributed by atoms with Crippen molar-refractivity contribution in [1.82, 2.24) is 4.31 Å². The normalized spacial score (nSPS) is 14.0. The van der Waals surface area contributed by atoms with Gasteiger partial charge in [0, 0.05) is 25.7 Å². The third kappa shape index (κ3) is 8.50. The lowest BCUT2D eigenvalue weighted by Gasteiger charge is -2.32.